The fourth-order valence-corrected chi connectivity index (χ4v) is 2.74. The monoisotopic (exact) mass is 376 g/mol. The van der Waals surface area contributed by atoms with Gasteiger partial charge in [0.2, 0.25) is 5.89 Å². The van der Waals surface area contributed by atoms with Gasteiger partial charge in [0.05, 0.1) is 20.8 Å². The molecule has 0 fully saturated rings. The topological polar surface area (TPSA) is 66.6 Å². The number of rotatable bonds is 8. The molecule has 0 saturated carbocycles. The predicted molar refractivity (Wildman–Crippen MR) is 95.5 cm³/mol. The van der Waals surface area contributed by atoms with Crippen LogP contribution in [0.4, 0.5) is 4.39 Å². The molecule has 2 aromatic carbocycles. The zero-order valence-electron chi connectivity index (χ0n) is 14.3. The standard InChI is InChI=1S/C18H17FN2O4S/c1-22-15-8-12(9-16(11-15)23-2)17-20-21-18(25-17)26-7-6-24-14-5-3-4-13(19)10-14/h3-5,8-11H,6-7H2,1-2H3. The fraction of sp³-hybridized carbons (Fsp3) is 0.222. The van der Waals surface area contributed by atoms with Crippen LogP contribution in [0, 0.1) is 5.82 Å². The first-order valence-corrected chi connectivity index (χ1v) is 8.74. The van der Waals surface area contributed by atoms with Crippen LogP contribution < -0.4 is 14.2 Å². The molecule has 0 radical (unpaired) electrons. The van der Waals surface area contributed by atoms with Crippen molar-refractivity contribution in [1.82, 2.24) is 10.2 Å². The lowest BCUT2D eigenvalue weighted by atomic mass is 10.2. The van der Waals surface area contributed by atoms with Crippen LogP contribution in [0.5, 0.6) is 17.2 Å². The summed E-state index contributed by atoms with van der Waals surface area (Å²) in [5.41, 5.74) is 0.705. The molecule has 3 aromatic rings. The highest BCUT2D eigenvalue weighted by Crippen LogP contribution is 2.30. The summed E-state index contributed by atoms with van der Waals surface area (Å²) in [6.07, 6.45) is 0. The number of benzene rings is 2. The van der Waals surface area contributed by atoms with Gasteiger partial charge in [-0.2, -0.15) is 0 Å². The smallest absolute Gasteiger partial charge is 0.276 e. The van der Waals surface area contributed by atoms with E-state index in [2.05, 4.69) is 10.2 Å². The number of ether oxygens (including phenoxy) is 3. The van der Waals surface area contributed by atoms with E-state index in [4.69, 9.17) is 18.6 Å². The maximum absolute atomic E-state index is 13.1. The molecule has 0 bridgehead atoms. The zero-order chi connectivity index (χ0) is 18.4. The summed E-state index contributed by atoms with van der Waals surface area (Å²) in [6.45, 7) is 0.388. The first-order chi connectivity index (χ1) is 12.7. The van der Waals surface area contributed by atoms with E-state index in [1.54, 1.807) is 44.6 Å². The molecule has 0 saturated heterocycles. The van der Waals surface area contributed by atoms with Crippen molar-refractivity contribution in [2.24, 2.45) is 0 Å². The molecule has 8 heteroatoms. The Labute approximate surface area is 154 Å². The SMILES string of the molecule is COc1cc(OC)cc(-c2nnc(SCCOc3cccc(F)c3)o2)c1. The van der Waals surface area contributed by atoms with Crippen LogP contribution in [0.15, 0.2) is 52.1 Å². The Morgan fingerprint density at radius 2 is 1.77 bits per heavy atom. The normalized spacial score (nSPS) is 10.6. The van der Waals surface area contributed by atoms with E-state index in [-0.39, 0.29) is 5.82 Å². The number of methoxy groups -OCH3 is 2. The average molecular weight is 376 g/mol. The summed E-state index contributed by atoms with van der Waals surface area (Å²) in [6, 6.07) is 11.4. The van der Waals surface area contributed by atoms with Gasteiger partial charge in [0, 0.05) is 23.4 Å². The zero-order valence-corrected chi connectivity index (χ0v) is 15.1. The van der Waals surface area contributed by atoms with Crippen LogP contribution in [0.25, 0.3) is 11.5 Å². The minimum atomic E-state index is -0.328. The van der Waals surface area contributed by atoms with Gasteiger partial charge in [0.15, 0.2) is 0 Å². The number of halogens is 1. The first kappa shape index (κ1) is 18.1. The summed E-state index contributed by atoms with van der Waals surface area (Å²) in [4.78, 5) is 0. The number of thioether (sulfide) groups is 1. The molecule has 1 heterocycles. The van der Waals surface area contributed by atoms with E-state index in [9.17, 15) is 4.39 Å². The Morgan fingerprint density at radius 3 is 2.46 bits per heavy atom. The molecule has 0 atom stereocenters. The molecule has 1 aromatic heterocycles. The van der Waals surface area contributed by atoms with Crippen molar-refractivity contribution in [2.45, 2.75) is 5.22 Å². The molecule has 0 aliphatic carbocycles. The number of nitrogens with zero attached hydrogens (tertiary/aromatic N) is 2. The molecule has 26 heavy (non-hydrogen) atoms. The number of hydrogen-bond donors (Lipinski definition) is 0. The highest BCUT2D eigenvalue weighted by molar-refractivity contribution is 7.99. The molecule has 136 valence electrons. The van der Waals surface area contributed by atoms with Crippen LogP contribution in [-0.4, -0.2) is 36.8 Å². The van der Waals surface area contributed by atoms with Crippen molar-refractivity contribution >= 4 is 11.8 Å². The fourth-order valence-electron chi connectivity index (χ4n) is 2.16. The van der Waals surface area contributed by atoms with E-state index >= 15 is 0 Å². The maximum atomic E-state index is 13.1. The quantitative estimate of drug-likeness (QED) is 0.434. The molecule has 0 spiro atoms. The summed E-state index contributed by atoms with van der Waals surface area (Å²) >= 11 is 1.36. The van der Waals surface area contributed by atoms with Crippen LogP contribution in [0.1, 0.15) is 0 Å². The second kappa shape index (κ2) is 8.57. The molecule has 0 unspecified atom stereocenters. The summed E-state index contributed by atoms with van der Waals surface area (Å²) in [5, 5.41) is 8.48. The Balaban J connectivity index is 1.58. The largest absolute Gasteiger partial charge is 0.497 e. The van der Waals surface area contributed by atoms with Crippen molar-refractivity contribution in [3.63, 3.8) is 0 Å². The van der Waals surface area contributed by atoms with Gasteiger partial charge >= 0.3 is 0 Å². The third-order valence-corrected chi connectivity index (χ3v) is 4.16. The van der Waals surface area contributed by atoms with E-state index in [0.29, 0.717) is 46.3 Å². The average Bonchev–Trinajstić information content (AvgIpc) is 3.14. The first-order valence-electron chi connectivity index (χ1n) is 7.76. The van der Waals surface area contributed by atoms with Crippen molar-refractivity contribution in [3.8, 4) is 28.7 Å². The highest BCUT2D eigenvalue weighted by Gasteiger charge is 2.12. The van der Waals surface area contributed by atoms with Crippen molar-refractivity contribution in [1.29, 1.82) is 0 Å². The molecule has 3 rings (SSSR count). The van der Waals surface area contributed by atoms with Crippen LogP contribution in [-0.2, 0) is 0 Å². The van der Waals surface area contributed by atoms with Gasteiger partial charge in [0.1, 0.15) is 23.1 Å². The molecule has 0 aliphatic rings. The lowest BCUT2D eigenvalue weighted by molar-refractivity contribution is 0.341. The molecule has 0 aliphatic heterocycles. The van der Waals surface area contributed by atoms with E-state index in [0.717, 1.165) is 0 Å². The molecule has 0 N–H and O–H groups in total. The van der Waals surface area contributed by atoms with Crippen molar-refractivity contribution in [2.75, 3.05) is 26.6 Å². The van der Waals surface area contributed by atoms with Gasteiger partial charge in [-0.05, 0) is 24.3 Å². The van der Waals surface area contributed by atoms with Gasteiger partial charge in [-0.3, -0.25) is 0 Å². The van der Waals surface area contributed by atoms with E-state index in [1.165, 1.54) is 23.9 Å². The Hall–Kier alpha value is -2.74. The van der Waals surface area contributed by atoms with Gasteiger partial charge < -0.3 is 18.6 Å². The molecular weight excluding hydrogens is 359 g/mol. The Bertz CT molecular complexity index is 850. The van der Waals surface area contributed by atoms with E-state index < -0.39 is 0 Å². The van der Waals surface area contributed by atoms with Crippen LogP contribution in [0.2, 0.25) is 0 Å². The summed E-state index contributed by atoms with van der Waals surface area (Å²) in [5.74, 6) is 2.38. The van der Waals surface area contributed by atoms with Gasteiger partial charge in [0.25, 0.3) is 5.22 Å². The maximum Gasteiger partial charge on any atom is 0.276 e. The Kier molecular flexibility index (Phi) is 5.96. The predicted octanol–water partition coefficient (Wildman–Crippen LogP) is 4.06. The summed E-state index contributed by atoms with van der Waals surface area (Å²) < 4.78 is 34.7. The number of aromatic nitrogens is 2. The summed E-state index contributed by atoms with van der Waals surface area (Å²) in [7, 11) is 3.15. The second-order valence-corrected chi connectivity index (χ2v) is 6.17. The highest BCUT2D eigenvalue weighted by atomic mass is 32.2. The lowest BCUT2D eigenvalue weighted by Crippen LogP contribution is -2.00. The van der Waals surface area contributed by atoms with Gasteiger partial charge in [-0.25, -0.2) is 4.39 Å². The van der Waals surface area contributed by atoms with Crippen molar-refractivity contribution in [3.05, 3.63) is 48.3 Å². The third kappa shape index (κ3) is 4.66. The molecule has 0 amide bonds. The van der Waals surface area contributed by atoms with Crippen LogP contribution in [0.3, 0.4) is 0 Å². The second-order valence-electron chi connectivity index (χ2n) is 5.13. The van der Waals surface area contributed by atoms with Crippen molar-refractivity contribution < 1.29 is 23.0 Å². The minimum absolute atomic E-state index is 0.328. The number of hydrogen-bond acceptors (Lipinski definition) is 7. The van der Waals surface area contributed by atoms with Gasteiger partial charge in [-0.15, -0.1) is 10.2 Å². The van der Waals surface area contributed by atoms with Crippen LogP contribution >= 0.6 is 11.8 Å². The lowest BCUT2D eigenvalue weighted by Gasteiger charge is -2.05. The van der Waals surface area contributed by atoms with Gasteiger partial charge in [-0.1, -0.05) is 17.8 Å². The third-order valence-electron chi connectivity index (χ3n) is 3.38. The minimum Gasteiger partial charge on any atom is -0.497 e. The Morgan fingerprint density at radius 1 is 1.00 bits per heavy atom. The van der Waals surface area contributed by atoms with E-state index in [1.807, 2.05) is 0 Å². The molecular formula is C18H17FN2O4S. The molecule has 6 nitrogen and oxygen atoms in total.